The van der Waals surface area contributed by atoms with Crippen molar-refractivity contribution in [3.05, 3.63) is 29.8 Å². The molecule has 0 bridgehead atoms. The number of halogens is 3. The Morgan fingerprint density at radius 3 is 1.58 bits per heavy atom. The minimum absolute atomic E-state index is 0. The third-order valence-electron chi connectivity index (χ3n) is 2.49. The standard InChI is InChI=1S/C10H14S.C5H10F3N.3CH4.Y/c1-8(2)9-4-6-10(11-3)7-5-9;1-4(2)9-3-5(6,7)8;;;;/h4-8H,1-3H3;4,9H,3H2,1-2H3;3*1H4;. The number of rotatable bonds is 4. The van der Waals surface area contributed by atoms with E-state index in [2.05, 4.69) is 49.7 Å². The molecule has 0 atom stereocenters. The number of benzene rings is 1. The number of hydrogen-bond donors (Lipinski definition) is 1. The van der Waals surface area contributed by atoms with Gasteiger partial charge in [0.25, 0.3) is 0 Å². The van der Waals surface area contributed by atoms with Gasteiger partial charge in [0, 0.05) is 43.6 Å². The summed E-state index contributed by atoms with van der Waals surface area (Å²) in [5.74, 6) is 0.644. The van der Waals surface area contributed by atoms with Gasteiger partial charge in [0.05, 0.1) is 6.54 Å². The smallest absolute Gasteiger partial charge is 0.306 e. The van der Waals surface area contributed by atoms with Crippen LogP contribution in [0.25, 0.3) is 0 Å². The Labute approximate surface area is 177 Å². The quantitative estimate of drug-likeness (QED) is 0.503. The molecule has 1 rings (SSSR count). The Bertz CT molecular complexity index is 366. The van der Waals surface area contributed by atoms with Crippen LogP contribution >= 0.6 is 11.8 Å². The first-order chi connectivity index (χ1) is 9.15. The van der Waals surface area contributed by atoms with Gasteiger partial charge in [-0.1, -0.05) is 62.1 Å². The SMILES string of the molecule is C.C.C.CC(C)NCC(F)(F)F.CSc1ccc(C(C)C)cc1.[Y]. The van der Waals surface area contributed by atoms with Gasteiger partial charge in [0.1, 0.15) is 0 Å². The summed E-state index contributed by atoms with van der Waals surface area (Å²) in [5, 5.41) is 2.26. The van der Waals surface area contributed by atoms with Crippen molar-refractivity contribution in [2.24, 2.45) is 0 Å². The van der Waals surface area contributed by atoms with Crippen LogP contribution in [-0.4, -0.2) is 25.0 Å². The second kappa shape index (κ2) is 18.2. The Kier molecular flexibility index (Phi) is 27.0. The fraction of sp³-hybridized carbons (Fsp3) is 0.667. The van der Waals surface area contributed by atoms with Crippen LogP contribution in [0.3, 0.4) is 0 Å². The molecule has 0 aliphatic carbocycles. The molecular weight excluding hydrogens is 408 g/mol. The van der Waals surface area contributed by atoms with Crippen molar-refractivity contribution in [1.29, 1.82) is 0 Å². The topological polar surface area (TPSA) is 12.0 Å². The van der Waals surface area contributed by atoms with Crippen LogP contribution in [0.2, 0.25) is 0 Å². The van der Waals surface area contributed by atoms with E-state index >= 15 is 0 Å². The average molecular weight is 444 g/mol. The van der Waals surface area contributed by atoms with Crippen molar-refractivity contribution >= 4 is 11.8 Å². The zero-order valence-electron chi connectivity index (χ0n) is 13.3. The molecule has 0 fully saturated rings. The van der Waals surface area contributed by atoms with Gasteiger partial charge in [-0.15, -0.1) is 11.8 Å². The first kappa shape index (κ1) is 35.5. The third kappa shape index (κ3) is 20.5. The van der Waals surface area contributed by atoms with E-state index in [0.717, 1.165) is 0 Å². The summed E-state index contributed by atoms with van der Waals surface area (Å²) in [6, 6.07) is 8.67. The molecule has 0 saturated carbocycles. The minimum atomic E-state index is -4.08. The predicted molar refractivity (Wildman–Crippen MR) is 102 cm³/mol. The predicted octanol–water partition coefficient (Wildman–Crippen LogP) is 6.98. The number of thioether (sulfide) groups is 1. The second-order valence-corrected chi connectivity index (χ2v) is 5.96. The van der Waals surface area contributed by atoms with Crippen LogP contribution in [-0.2, 0) is 32.7 Å². The van der Waals surface area contributed by atoms with E-state index in [4.69, 9.17) is 0 Å². The first-order valence-corrected chi connectivity index (χ1v) is 7.82. The Balaban J connectivity index is -0.0000000874. The van der Waals surface area contributed by atoms with E-state index in [0.29, 0.717) is 5.92 Å². The first-order valence-electron chi connectivity index (χ1n) is 6.59. The molecule has 24 heavy (non-hydrogen) atoms. The van der Waals surface area contributed by atoms with Crippen molar-refractivity contribution in [3.63, 3.8) is 0 Å². The average Bonchev–Trinajstić information content (AvgIpc) is 2.36. The van der Waals surface area contributed by atoms with Gasteiger partial charge in [0.15, 0.2) is 0 Å². The fourth-order valence-electron chi connectivity index (χ4n) is 1.31. The van der Waals surface area contributed by atoms with Gasteiger partial charge in [-0.05, 0) is 29.9 Å². The summed E-state index contributed by atoms with van der Waals surface area (Å²) in [5.41, 5.74) is 1.42. The van der Waals surface area contributed by atoms with Crippen LogP contribution in [0, 0.1) is 0 Å². The van der Waals surface area contributed by atoms with Gasteiger partial charge in [-0.3, -0.25) is 0 Å². The summed E-state index contributed by atoms with van der Waals surface area (Å²) in [6.45, 7) is 6.88. The molecule has 0 heterocycles. The molecule has 0 spiro atoms. The number of hydrogen-bond acceptors (Lipinski definition) is 2. The van der Waals surface area contributed by atoms with E-state index < -0.39 is 12.7 Å². The van der Waals surface area contributed by atoms with Gasteiger partial charge in [-0.25, -0.2) is 0 Å². The van der Waals surface area contributed by atoms with Crippen LogP contribution in [0.1, 0.15) is 61.5 Å². The third-order valence-corrected chi connectivity index (χ3v) is 3.24. The fourth-order valence-corrected chi connectivity index (χ4v) is 1.72. The maximum Gasteiger partial charge on any atom is 0.401 e. The molecule has 0 aliphatic heterocycles. The molecule has 1 aromatic carbocycles. The van der Waals surface area contributed by atoms with E-state index in [1.54, 1.807) is 25.6 Å². The maximum atomic E-state index is 11.4. The largest absolute Gasteiger partial charge is 0.401 e. The monoisotopic (exact) mass is 444 g/mol. The Morgan fingerprint density at radius 2 is 1.38 bits per heavy atom. The summed E-state index contributed by atoms with van der Waals surface area (Å²) in [4.78, 5) is 1.34. The van der Waals surface area contributed by atoms with Crippen molar-refractivity contribution in [2.75, 3.05) is 12.8 Å². The van der Waals surface area contributed by atoms with Crippen LogP contribution in [0.15, 0.2) is 29.2 Å². The molecule has 1 aromatic rings. The van der Waals surface area contributed by atoms with Crippen molar-refractivity contribution < 1.29 is 45.9 Å². The zero-order chi connectivity index (χ0) is 15.8. The molecule has 0 aromatic heterocycles. The van der Waals surface area contributed by atoms with Crippen LogP contribution in [0.4, 0.5) is 13.2 Å². The summed E-state index contributed by atoms with van der Waals surface area (Å²) in [6.07, 6.45) is -1.98. The normalized spacial score (nSPS) is 9.58. The molecule has 0 aliphatic rings. The van der Waals surface area contributed by atoms with Crippen molar-refractivity contribution in [3.8, 4) is 0 Å². The zero-order valence-corrected chi connectivity index (χ0v) is 16.9. The minimum Gasteiger partial charge on any atom is -0.306 e. The van der Waals surface area contributed by atoms with E-state index in [1.165, 1.54) is 10.5 Å². The van der Waals surface area contributed by atoms with Gasteiger partial charge < -0.3 is 5.32 Å². The van der Waals surface area contributed by atoms with E-state index in [9.17, 15) is 13.2 Å². The van der Waals surface area contributed by atoms with E-state index in [1.807, 2.05) is 0 Å². The summed E-state index contributed by atoms with van der Waals surface area (Å²) >= 11 is 1.79. The van der Waals surface area contributed by atoms with E-state index in [-0.39, 0.29) is 61.0 Å². The molecule has 0 saturated heterocycles. The molecule has 1 nitrogen and oxygen atoms in total. The molecular formula is C18H36F3NSY. The molecule has 6 heteroatoms. The molecule has 143 valence electrons. The molecule has 0 unspecified atom stereocenters. The van der Waals surface area contributed by atoms with Crippen molar-refractivity contribution in [1.82, 2.24) is 5.32 Å². The van der Waals surface area contributed by atoms with Crippen LogP contribution in [0.5, 0.6) is 0 Å². The van der Waals surface area contributed by atoms with Crippen LogP contribution < -0.4 is 5.32 Å². The molecule has 1 radical (unpaired) electrons. The van der Waals surface area contributed by atoms with Gasteiger partial charge in [0.2, 0.25) is 0 Å². The van der Waals surface area contributed by atoms with Gasteiger partial charge >= 0.3 is 6.18 Å². The number of alkyl halides is 3. The summed E-state index contributed by atoms with van der Waals surface area (Å²) < 4.78 is 34.1. The molecule has 0 amide bonds. The molecule has 1 N–H and O–H groups in total. The summed E-state index contributed by atoms with van der Waals surface area (Å²) in [7, 11) is 0. The Hall–Kier alpha value is 0.424. The number of nitrogens with one attached hydrogen (secondary N) is 1. The van der Waals surface area contributed by atoms with Gasteiger partial charge in [-0.2, -0.15) is 13.2 Å². The maximum absolute atomic E-state index is 11.4. The second-order valence-electron chi connectivity index (χ2n) is 5.08. The Morgan fingerprint density at radius 1 is 0.958 bits per heavy atom. The van der Waals surface area contributed by atoms with Crippen molar-refractivity contribution in [2.45, 2.75) is 73.0 Å².